The standard InChI is InChI=1S/C14H10F3NO3.C14H12F3NO/c1-21-11-5-2-9(3-6-11)12-7-4-10(18(19)20)8-13(12)14(15,16)17;1-19-11-5-2-9(3-6-11)12-7-4-10(18)8-13(12)14(15,16)17/h2-8H,1H3;2-8H,18H2,1H3. The summed E-state index contributed by atoms with van der Waals surface area (Å²) >= 11 is 0. The van der Waals surface area contributed by atoms with Gasteiger partial charge in [-0.25, -0.2) is 0 Å². The molecule has 0 bridgehead atoms. The van der Waals surface area contributed by atoms with E-state index in [0.29, 0.717) is 28.7 Å². The number of rotatable bonds is 5. The van der Waals surface area contributed by atoms with Crippen LogP contribution in [-0.4, -0.2) is 19.1 Å². The molecule has 12 heteroatoms. The normalized spacial score (nSPS) is 11.3. The lowest BCUT2D eigenvalue weighted by molar-refractivity contribution is -0.385. The van der Waals surface area contributed by atoms with Gasteiger partial charge in [0, 0.05) is 17.8 Å². The Balaban J connectivity index is 0.000000222. The number of nitro groups is 1. The Morgan fingerprint density at radius 2 is 1.05 bits per heavy atom. The van der Waals surface area contributed by atoms with Crippen LogP contribution >= 0.6 is 0 Å². The van der Waals surface area contributed by atoms with Gasteiger partial charge in [0.05, 0.1) is 30.3 Å². The molecule has 0 aliphatic heterocycles. The lowest BCUT2D eigenvalue weighted by Crippen LogP contribution is -2.08. The van der Waals surface area contributed by atoms with E-state index >= 15 is 0 Å². The molecule has 0 aliphatic carbocycles. The molecule has 4 rings (SSSR count). The third kappa shape index (κ3) is 7.22. The Morgan fingerprint density at radius 1 is 0.650 bits per heavy atom. The number of nitro benzene ring substituents is 1. The van der Waals surface area contributed by atoms with Crippen LogP contribution < -0.4 is 15.2 Å². The number of non-ortho nitro benzene ring substituents is 1. The fraction of sp³-hybridized carbons (Fsp3) is 0.143. The SMILES string of the molecule is COc1ccc(-c2ccc(N)cc2C(F)(F)F)cc1.COc1ccc(-c2ccc([N+](=O)[O-])cc2C(F)(F)F)cc1. The molecule has 0 aromatic heterocycles. The van der Waals surface area contributed by atoms with Crippen LogP contribution in [0.15, 0.2) is 84.9 Å². The van der Waals surface area contributed by atoms with E-state index in [9.17, 15) is 36.5 Å². The third-order valence-corrected chi connectivity index (χ3v) is 5.67. The molecule has 2 N–H and O–H groups in total. The van der Waals surface area contributed by atoms with Gasteiger partial charge in [0.2, 0.25) is 0 Å². The van der Waals surface area contributed by atoms with Gasteiger partial charge in [0.25, 0.3) is 5.69 Å². The number of nitrogens with zero attached hydrogens (tertiary/aromatic N) is 1. The highest BCUT2D eigenvalue weighted by Crippen LogP contribution is 2.40. The topological polar surface area (TPSA) is 87.6 Å². The van der Waals surface area contributed by atoms with Gasteiger partial charge >= 0.3 is 12.4 Å². The van der Waals surface area contributed by atoms with Crippen molar-refractivity contribution in [1.29, 1.82) is 0 Å². The molecule has 0 unspecified atom stereocenters. The summed E-state index contributed by atoms with van der Waals surface area (Å²) < 4.78 is 88.1. The highest BCUT2D eigenvalue weighted by molar-refractivity contribution is 5.71. The monoisotopic (exact) mass is 564 g/mol. The van der Waals surface area contributed by atoms with Crippen molar-refractivity contribution in [3.8, 4) is 33.8 Å². The third-order valence-electron chi connectivity index (χ3n) is 5.67. The minimum Gasteiger partial charge on any atom is -0.497 e. The quantitative estimate of drug-likeness (QED) is 0.114. The maximum absolute atomic E-state index is 13.1. The number of anilines is 1. The second-order valence-corrected chi connectivity index (χ2v) is 8.24. The number of hydrogen-bond donors (Lipinski definition) is 1. The molecule has 0 spiro atoms. The number of ether oxygens (including phenoxy) is 2. The van der Waals surface area contributed by atoms with Gasteiger partial charge in [-0.1, -0.05) is 30.3 Å². The van der Waals surface area contributed by atoms with Crippen LogP contribution in [0.1, 0.15) is 11.1 Å². The number of nitrogen functional groups attached to an aromatic ring is 1. The predicted octanol–water partition coefficient (Wildman–Crippen LogP) is 8.25. The Hall–Kier alpha value is -4.74. The van der Waals surface area contributed by atoms with E-state index in [0.717, 1.165) is 18.2 Å². The second-order valence-electron chi connectivity index (χ2n) is 8.24. The zero-order valence-electron chi connectivity index (χ0n) is 21.0. The molecule has 0 atom stereocenters. The van der Waals surface area contributed by atoms with Gasteiger partial charge < -0.3 is 15.2 Å². The Morgan fingerprint density at radius 3 is 1.43 bits per heavy atom. The summed E-state index contributed by atoms with van der Waals surface area (Å²) in [6.45, 7) is 0. The fourth-order valence-electron chi connectivity index (χ4n) is 3.72. The first-order valence-corrected chi connectivity index (χ1v) is 11.4. The summed E-state index contributed by atoms with van der Waals surface area (Å²) in [5.74, 6) is 1.10. The smallest absolute Gasteiger partial charge is 0.417 e. The fourth-order valence-corrected chi connectivity index (χ4v) is 3.72. The molecule has 0 aliphatic rings. The van der Waals surface area contributed by atoms with Gasteiger partial charge in [0.1, 0.15) is 11.5 Å². The molecule has 210 valence electrons. The van der Waals surface area contributed by atoms with Gasteiger partial charge in [-0.2, -0.15) is 26.3 Å². The van der Waals surface area contributed by atoms with E-state index in [2.05, 4.69) is 0 Å². The Bertz CT molecular complexity index is 1470. The van der Waals surface area contributed by atoms with Crippen LogP contribution in [0.5, 0.6) is 11.5 Å². The van der Waals surface area contributed by atoms with Gasteiger partial charge in [-0.15, -0.1) is 0 Å². The molecule has 6 nitrogen and oxygen atoms in total. The second kappa shape index (κ2) is 12.0. The average Bonchev–Trinajstić information content (AvgIpc) is 2.92. The lowest BCUT2D eigenvalue weighted by Gasteiger charge is -2.14. The summed E-state index contributed by atoms with van der Waals surface area (Å²) in [6, 6.07) is 18.8. The van der Waals surface area contributed by atoms with Gasteiger partial charge in [0.15, 0.2) is 0 Å². The van der Waals surface area contributed by atoms with Crippen molar-refractivity contribution in [3.05, 3.63) is 106 Å². The number of benzene rings is 4. The summed E-state index contributed by atoms with van der Waals surface area (Å²) in [6.07, 6.45) is -9.12. The predicted molar refractivity (Wildman–Crippen MR) is 138 cm³/mol. The maximum Gasteiger partial charge on any atom is 0.417 e. The number of methoxy groups -OCH3 is 2. The van der Waals surface area contributed by atoms with Crippen molar-refractivity contribution in [3.63, 3.8) is 0 Å². The number of halogens is 6. The van der Waals surface area contributed by atoms with Crippen LogP contribution in [0.3, 0.4) is 0 Å². The first-order chi connectivity index (χ1) is 18.7. The van der Waals surface area contributed by atoms with Crippen molar-refractivity contribution in [1.82, 2.24) is 0 Å². The molecule has 0 saturated carbocycles. The average molecular weight is 564 g/mol. The van der Waals surface area contributed by atoms with E-state index in [1.807, 2.05) is 0 Å². The first kappa shape index (κ1) is 29.8. The number of hydrogen-bond acceptors (Lipinski definition) is 5. The molecule has 0 fully saturated rings. The van der Waals surface area contributed by atoms with Crippen LogP contribution in [0.4, 0.5) is 37.7 Å². The molecular weight excluding hydrogens is 542 g/mol. The van der Waals surface area contributed by atoms with Crippen molar-refractivity contribution in [2.24, 2.45) is 0 Å². The van der Waals surface area contributed by atoms with E-state index in [-0.39, 0.29) is 16.8 Å². The van der Waals surface area contributed by atoms with E-state index in [1.165, 1.54) is 50.6 Å². The first-order valence-electron chi connectivity index (χ1n) is 11.4. The maximum atomic E-state index is 13.1. The largest absolute Gasteiger partial charge is 0.497 e. The van der Waals surface area contributed by atoms with Crippen molar-refractivity contribution in [2.75, 3.05) is 20.0 Å². The molecule has 0 heterocycles. The highest BCUT2D eigenvalue weighted by atomic mass is 19.4. The molecular formula is C28H22F6N2O4. The van der Waals surface area contributed by atoms with Crippen molar-refractivity contribution >= 4 is 11.4 Å². The minimum absolute atomic E-state index is 0.0876. The molecule has 4 aromatic carbocycles. The van der Waals surface area contributed by atoms with Crippen molar-refractivity contribution < 1.29 is 40.7 Å². The van der Waals surface area contributed by atoms with Crippen LogP contribution in [0.25, 0.3) is 22.3 Å². The van der Waals surface area contributed by atoms with Crippen LogP contribution in [0, 0.1) is 10.1 Å². The Kier molecular flexibility index (Phi) is 8.92. The molecule has 0 amide bonds. The number of nitrogens with two attached hydrogens (primary N) is 1. The molecule has 4 aromatic rings. The van der Waals surface area contributed by atoms with E-state index in [1.54, 1.807) is 24.3 Å². The van der Waals surface area contributed by atoms with E-state index in [4.69, 9.17) is 15.2 Å². The van der Waals surface area contributed by atoms with Crippen LogP contribution in [-0.2, 0) is 12.4 Å². The molecule has 40 heavy (non-hydrogen) atoms. The Labute approximate surface area is 224 Å². The molecule has 0 radical (unpaired) electrons. The zero-order chi connectivity index (χ0) is 29.7. The highest BCUT2D eigenvalue weighted by Gasteiger charge is 2.35. The van der Waals surface area contributed by atoms with Crippen LogP contribution in [0.2, 0.25) is 0 Å². The summed E-state index contributed by atoms with van der Waals surface area (Å²) in [5.41, 5.74) is 3.90. The molecule has 0 saturated heterocycles. The van der Waals surface area contributed by atoms with E-state index < -0.39 is 34.1 Å². The minimum atomic E-state index is -4.68. The van der Waals surface area contributed by atoms with Gasteiger partial charge in [-0.3, -0.25) is 10.1 Å². The summed E-state index contributed by atoms with van der Waals surface area (Å²) in [7, 11) is 2.95. The number of alkyl halides is 6. The summed E-state index contributed by atoms with van der Waals surface area (Å²) in [5, 5.41) is 10.6. The van der Waals surface area contributed by atoms with Crippen molar-refractivity contribution in [2.45, 2.75) is 12.4 Å². The summed E-state index contributed by atoms with van der Waals surface area (Å²) in [4.78, 5) is 9.78. The lowest BCUT2D eigenvalue weighted by atomic mass is 9.98. The zero-order valence-corrected chi connectivity index (χ0v) is 21.0. The van der Waals surface area contributed by atoms with Gasteiger partial charge in [-0.05, 0) is 64.7 Å².